The van der Waals surface area contributed by atoms with Crippen LogP contribution in [0.1, 0.15) is 50.3 Å². The standard InChI is InChI=1S/C11H14N4O.C3H8/c1-3-7-5-8-9(10(14-7)11(12)16)13-6-15(8)4-2;1-3-2/h5-6H,3-4H2,1-2H3,(H2,12,16);3H2,1-2H3. The molecule has 0 aromatic carbocycles. The van der Waals surface area contributed by atoms with Crippen LogP contribution in [0.25, 0.3) is 11.0 Å². The molecule has 0 fully saturated rings. The highest BCUT2D eigenvalue weighted by Crippen LogP contribution is 2.17. The van der Waals surface area contributed by atoms with Gasteiger partial charge in [-0.15, -0.1) is 0 Å². The van der Waals surface area contributed by atoms with E-state index in [0.29, 0.717) is 5.52 Å². The molecule has 0 saturated heterocycles. The fourth-order valence-corrected chi connectivity index (χ4v) is 1.72. The highest BCUT2D eigenvalue weighted by Gasteiger charge is 2.14. The molecule has 2 aromatic heterocycles. The molecular weight excluding hydrogens is 240 g/mol. The van der Waals surface area contributed by atoms with Gasteiger partial charge in [-0.1, -0.05) is 27.2 Å². The van der Waals surface area contributed by atoms with E-state index >= 15 is 0 Å². The van der Waals surface area contributed by atoms with Gasteiger partial charge < -0.3 is 10.3 Å². The Morgan fingerprint density at radius 2 is 1.95 bits per heavy atom. The maximum atomic E-state index is 11.3. The zero-order valence-corrected chi connectivity index (χ0v) is 12.1. The Hall–Kier alpha value is -1.91. The Bertz CT molecular complexity index is 560. The molecular formula is C14H22N4O. The molecule has 19 heavy (non-hydrogen) atoms. The van der Waals surface area contributed by atoms with Crippen molar-refractivity contribution >= 4 is 16.9 Å². The molecule has 0 unspecified atom stereocenters. The quantitative estimate of drug-likeness (QED) is 0.923. The first kappa shape index (κ1) is 15.1. The topological polar surface area (TPSA) is 73.8 Å². The maximum Gasteiger partial charge on any atom is 0.269 e. The summed E-state index contributed by atoms with van der Waals surface area (Å²) in [5.41, 5.74) is 7.94. The molecule has 0 radical (unpaired) electrons. The van der Waals surface area contributed by atoms with Crippen LogP contribution in [-0.4, -0.2) is 20.4 Å². The van der Waals surface area contributed by atoms with E-state index in [1.165, 1.54) is 6.42 Å². The summed E-state index contributed by atoms with van der Waals surface area (Å²) in [5, 5.41) is 0. The van der Waals surface area contributed by atoms with Gasteiger partial charge in [-0.05, 0) is 19.4 Å². The Kier molecular flexibility index (Phi) is 5.48. The maximum absolute atomic E-state index is 11.3. The van der Waals surface area contributed by atoms with Crippen LogP contribution in [0.3, 0.4) is 0 Å². The second kappa shape index (κ2) is 6.87. The lowest BCUT2D eigenvalue weighted by Crippen LogP contribution is -2.15. The first-order valence-electron chi connectivity index (χ1n) is 6.73. The number of aryl methyl sites for hydroxylation is 2. The van der Waals surface area contributed by atoms with Gasteiger partial charge in [-0.2, -0.15) is 0 Å². The molecule has 0 aliphatic heterocycles. The monoisotopic (exact) mass is 262 g/mol. The molecule has 2 aromatic rings. The first-order valence-corrected chi connectivity index (χ1v) is 6.73. The Morgan fingerprint density at radius 1 is 1.32 bits per heavy atom. The summed E-state index contributed by atoms with van der Waals surface area (Å²) in [6.07, 6.45) is 3.73. The van der Waals surface area contributed by atoms with Gasteiger partial charge in [-0.25, -0.2) is 9.97 Å². The highest BCUT2D eigenvalue weighted by atomic mass is 16.1. The number of nitrogens with two attached hydrogens (primary N) is 1. The van der Waals surface area contributed by atoms with E-state index in [-0.39, 0.29) is 5.69 Å². The minimum absolute atomic E-state index is 0.265. The lowest BCUT2D eigenvalue weighted by molar-refractivity contribution is 0.0997. The molecule has 104 valence electrons. The fourth-order valence-electron chi connectivity index (χ4n) is 1.72. The summed E-state index contributed by atoms with van der Waals surface area (Å²) >= 11 is 0. The molecule has 0 bridgehead atoms. The van der Waals surface area contributed by atoms with Crippen LogP contribution in [0, 0.1) is 0 Å². The second-order valence-electron chi connectivity index (χ2n) is 4.29. The third-order valence-corrected chi connectivity index (χ3v) is 2.60. The van der Waals surface area contributed by atoms with E-state index in [1.807, 2.05) is 24.5 Å². The average Bonchev–Trinajstić information content (AvgIpc) is 2.80. The number of rotatable bonds is 3. The zero-order chi connectivity index (χ0) is 14.4. The molecule has 0 aliphatic rings. The van der Waals surface area contributed by atoms with E-state index in [1.54, 1.807) is 6.33 Å². The number of aromatic nitrogens is 3. The lowest BCUT2D eigenvalue weighted by Gasteiger charge is -2.03. The molecule has 5 heteroatoms. The summed E-state index contributed by atoms with van der Waals surface area (Å²) < 4.78 is 1.97. The molecule has 0 aliphatic carbocycles. The van der Waals surface area contributed by atoms with Gasteiger partial charge in [0, 0.05) is 12.2 Å². The van der Waals surface area contributed by atoms with Gasteiger partial charge >= 0.3 is 0 Å². The number of hydrogen-bond donors (Lipinski definition) is 1. The van der Waals surface area contributed by atoms with Crippen LogP contribution in [0.5, 0.6) is 0 Å². The van der Waals surface area contributed by atoms with Crippen molar-refractivity contribution in [1.82, 2.24) is 14.5 Å². The summed E-state index contributed by atoms with van der Waals surface area (Å²) in [4.78, 5) is 19.7. The molecule has 0 saturated carbocycles. The minimum Gasteiger partial charge on any atom is -0.364 e. The molecule has 1 amide bonds. The SMILES string of the molecule is CCC.CCc1cc2c(ncn2CC)c(C(N)=O)n1. The number of fused-ring (bicyclic) bond motifs is 1. The Labute approximate surface area is 113 Å². The lowest BCUT2D eigenvalue weighted by atomic mass is 10.2. The minimum atomic E-state index is -0.526. The first-order chi connectivity index (χ1) is 9.08. The molecule has 5 nitrogen and oxygen atoms in total. The fraction of sp³-hybridized carbons (Fsp3) is 0.500. The molecule has 0 spiro atoms. The van der Waals surface area contributed by atoms with Crippen molar-refractivity contribution in [3.05, 3.63) is 23.8 Å². The molecule has 2 heterocycles. The summed E-state index contributed by atoms with van der Waals surface area (Å²) in [5.74, 6) is -0.526. The van der Waals surface area contributed by atoms with Gasteiger partial charge in [0.2, 0.25) is 0 Å². The number of amides is 1. The van der Waals surface area contributed by atoms with Gasteiger partial charge in [0.1, 0.15) is 5.52 Å². The third kappa shape index (κ3) is 3.30. The summed E-state index contributed by atoms with van der Waals surface area (Å²) in [7, 11) is 0. The number of nitrogens with zero attached hydrogens (tertiary/aromatic N) is 3. The largest absolute Gasteiger partial charge is 0.364 e. The number of carbonyl (C=O) groups is 1. The van der Waals surface area contributed by atoms with Crippen LogP contribution < -0.4 is 5.73 Å². The van der Waals surface area contributed by atoms with Crippen molar-refractivity contribution in [2.75, 3.05) is 0 Å². The van der Waals surface area contributed by atoms with Crippen LogP contribution in [0.15, 0.2) is 12.4 Å². The van der Waals surface area contributed by atoms with Crippen molar-refractivity contribution in [1.29, 1.82) is 0 Å². The Morgan fingerprint density at radius 3 is 2.42 bits per heavy atom. The van der Waals surface area contributed by atoms with E-state index < -0.39 is 5.91 Å². The van der Waals surface area contributed by atoms with E-state index in [4.69, 9.17) is 5.73 Å². The van der Waals surface area contributed by atoms with Crippen LogP contribution in [-0.2, 0) is 13.0 Å². The number of imidazole rings is 1. The van der Waals surface area contributed by atoms with Crippen LogP contribution in [0.4, 0.5) is 0 Å². The molecule has 0 atom stereocenters. The van der Waals surface area contributed by atoms with Crippen molar-refractivity contribution < 1.29 is 4.79 Å². The summed E-state index contributed by atoms with van der Waals surface area (Å²) in [6.45, 7) is 9.07. The predicted octanol–water partition coefficient (Wildman–Crippen LogP) is 2.53. The van der Waals surface area contributed by atoms with Crippen LogP contribution >= 0.6 is 0 Å². The molecule has 2 N–H and O–H groups in total. The van der Waals surface area contributed by atoms with E-state index in [2.05, 4.69) is 23.8 Å². The van der Waals surface area contributed by atoms with Crippen molar-refractivity contribution in [3.8, 4) is 0 Å². The van der Waals surface area contributed by atoms with Crippen LogP contribution in [0.2, 0.25) is 0 Å². The molecule has 2 rings (SSSR count). The van der Waals surface area contributed by atoms with Gasteiger partial charge in [0.15, 0.2) is 5.69 Å². The van der Waals surface area contributed by atoms with Crippen molar-refractivity contribution in [2.24, 2.45) is 5.73 Å². The number of primary amides is 1. The zero-order valence-electron chi connectivity index (χ0n) is 12.1. The van der Waals surface area contributed by atoms with E-state index in [9.17, 15) is 4.79 Å². The van der Waals surface area contributed by atoms with Gasteiger partial charge in [-0.3, -0.25) is 4.79 Å². The van der Waals surface area contributed by atoms with Gasteiger partial charge in [0.05, 0.1) is 11.8 Å². The highest BCUT2D eigenvalue weighted by molar-refractivity contribution is 6.02. The number of pyridine rings is 1. The smallest absolute Gasteiger partial charge is 0.269 e. The second-order valence-corrected chi connectivity index (χ2v) is 4.29. The number of hydrogen-bond acceptors (Lipinski definition) is 3. The van der Waals surface area contributed by atoms with Gasteiger partial charge in [0.25, 0.3) is 5.91 Å². The average molecular weight is 262 g/mol. The van der Waals surface area contributed by atoms with E-state index in [0.717, 1.165) is 24.2 Å². The number of carbonyl (C=O) groups excluding carboxylic acids is 1. The predicted molar refractivity (Wildman–Crippen MR) is 77.1 cm³/mol. The summed E-state index contributed by atoms with van der Waals surface area (Å²) in [6, 6.07) is 1.96. The van der Waals surface area contributed by atoms with Crippen molar-refractivity contribution in [3.63, 3.8) is 0 Å². The Balaban J connectivity index is 0.000000550. The van der Waals surface area contributed by atoms with Crippen molar-refractivity contribution in [2.45, 2.75) is 47.1 Å². The third-order valence-electron chi connectivity index (χ3n) is 2.60. The normalized spacial score (nSPS) is 10.1.